The van der Waals surface area contributed by atoms with E-state index in [0.717, 1.165) is 30.2 Å². The lowest BCUT2D eigenvalue weighted by Gasteiger charge is -2.23. The smallest absolute Gasteiger partial charge is 0.258 e. The Balaban J connectivity index is 1.72. The third kappa shape index (κ3) is 4.22. The molecule has 1 aliphatic carbocycles. The number of nitrogens with zero attached hydrogens (tertiary/aromatic N) is 4. The normalized spacial score (nSPS) is 14.3. The van der Waals surface area contributed by atoms with E-state index < -0.39 is 0 Å². The van der Waals surface area contributed by atoms with Crippen LogP contribution in [0.3, 0.4) is 0 Å². The van der Waals surface area contributed by atoms with Gasteiger partial charge in [-0.2, -0.15) is 10.2 Å². The Bertz CT molecular complexity index is 1080. The second-order valence-corrected chi connectivity index (χ2v) is 8.03. The van der Waals surface area contributed by atoms with Crippen molar-refractivity contribution in [1.29, 1.82) is 5.26 Å². The third-order valence-electron chi connectivity index (χ3n) is 5.15. The molecule has 0 spiro atoms. The molecule has 0 unspecified atom stereocenters. The first-order valence-electron chi connectivity index (χ1n) is 9.68. The van der Waals surface area contributed by atoms with Crippen LogP contribution in [-0.2, 0) is 0 Å². The van der Waals surface area contributed by atoms with Crippen molar-refractivity contribution in [3.05, 3.63) is 64.1 Å². The third-order valence-corrected chi connectivity index (χ3v) is 5.65. The molecule has 4 rings (SSSR count). The van der Waals surface area contributed by atoms with Crippen molar-refractivity contribution in [1.82, 2.24) is 14.8 Å². The Hall–Kier alpha value is -2.98. The van der Waals surface area contributed by atoms with E-state index in [9.17, 15) is 10.1 Å². The second-order valence-electron chi connectivity index (χ2n) is 7.12. The molecule has 2 aromatic carbocycles. The summed E-state index contributed by atoms with van der Waals surface area (Å²) in [7, 11) is 0. The minimum absolute atomic E-state index is 0.192. The van der Waals surface area contributed by atoms with Crippen LogP contribution in [0.1, 0.15) is 54.1 Å². The van der Waals surface area contributed by atoms with Gasteiger partial charge in [-0.1, -0.05) is 53.4 Å². The zero-order valence-corrected chi connectivity index (χ0v) is 17.4. The van der Waals surface area contributed by atoms with Gasteiger partial charge in [-0.05, 0) is 43.2 Å². The molecule has 0 bridgehead atoms. The molecule has 0 saturated heterocycles. The van der Waals surface area contributed by atoms with E-state index in [1.807, 2.05) is 35.0 Å². The summed E-state index contributed by atoms with van der Waals surface area (Å²) in [5.41, 5.74) is 1.72. The topological polar surface area (TPSA) is 83.6 Å². The SMILES string of the molecule is N#Cc1ccccc1-c1nc(NC(=O)c2cccc(Br)c2)n(C2CCCCC2)n1. The molecule has 29 heavy (non-hydrogen) atoms. The number of aromatic nitrogens is 3. The minimum atomic E-state index is -0.240. The van der Waals surface area contributed by atoms with Gasteiger partial charge in [-0.15, -0.1) is 5.10 Å². The van der Waals surface area contributed by atoms with Crippen molar-refractivity contribution in [3.8, 4) is 17.5 Å². The van der Waals surface area contributed by atoms with Gasteiger partial charge < -0.3 is 0 Å². The van der Waals surface area contributed by atoms with Crippen LogP contribution >= 0.6 is 15.9 Å². The first kappa shape index (κ1) is 19.3. The van der Waals surface area contributed by atoms with Gasteiger partial charge in [0.05, 0.1) is 17.7 Å². The molecule has 1 N–H and O–H groups in total. The average molecular weight is 450 g/mol. The van der Waals surface area contributed by atoms with Crippen LogP contribution < -0.4 is 5.32 Å². The number of nitrogens with one attached hydrogen (secondary N) is 1. The number of halogens is 1. The van der Waals surface area contributed by atoms with Crippen LogP contribution in [0.5, 0.6) is 0 Å². The predicted molar refractivity (Wildman–Crippen MR) is 114 cm³/mol. The van der Waals surface area contributed by atoms with Crippen LogP contribution in [-0.4, -0.2) is 20.7 Å². The summed E-state index contributed by atoms with van der Waals surface area (Å²) in [6.07, 6.45) is 5.49. The van der Waals surface area contributed by atoms with E-state index >= 15 is 0 Å². The summed E-state index contributed by atoms with van der Waals surface area (Å²) in [6.45, 7) is 0. The van der Waals surface area contributed by atoms with Gasteiger partial charge in [0, 0.05) is 15.6 Å². The van der Waals surface area contributed by atoms with E-state index in [4.69, 9.17) is 5.10 Å². The Labute approximate surface area is 177 Å². The van der Waals surface area contributed by atoms with E-state index in [1.165, 1.54) is 6.42 Å². The van der Waals surface area contributed by atoms with Crippen molar-refractivity contribution in [2.45, 2.75) is 38.1 Å². The maximum absolute atomic E-state index is 12.8. The molecule has 1 saturated carbocycles. The van der Waals surface area contributed by atoms with Crippen LogP contribution in [0.2, 0.25) is 0 Å². The summed E-state index contributed by atoms with van der Waals surface area (Å²) in [6, 6.07) is 16.9. The molecular formula is C22H20BrN5O. The highest BCUT2D eigenvalue weighted by Crippen LogP contribution is 2.32. The molecular weight excluding hydrogens is 430 g/mol. The summed E-state index contributed by atoms with van der Waals surface area (Å²) in [5.74, 6) is 0.637. The van der Waals surface area contributed by atoms with Crippen LogP contribution in [0.25, 0.3) is 11.4 Å². The standard InChI is InChI=1S/C22H20BrN5O/c23-17-9-6-8-15(13-17)21(29)26-22-25-20(19-12-5-4-7-16(19)14-24)27-28(22)18-10-2-1-3-11-18/h4-9,12-13,18H,1-3,10-11H2,(H,25,26,27,29). The number of carbonyl (C=O) groups is 1. The number of amides is 1. The van der Waals surface area contributed by atoms with Crippen molar-refractivity contribution >= 4 is 27.8 Å². The molecule has 1 aliphatic rings. The fourth-order valence-electron chi connectivity index (χ4n) is 3.68. The monoisotopic (exact) mass is 449 g/mol. The molecule has 3 aromatic rings. The first-order chi connectivity index (χ1) is 14.2. The lowest BCUT2D eigenvalue weighted by molar-refractivity contribution is 0.102. The van der Waals surface area contributed by atoms with Gasteiger partial charge in [0.15, 0.2) is 5.82 Å². The maximum Gasteiger partial charge on any atom is 0.258 e. The maximum atomic E-state index is 12.8. The second kappa shape index (κ2) is 8.58. The molecule has 1 heterocycles. The Morgan fingerprint density at radius 3 is 2.69 bits per heavy atom. The van der Waals surface area contributed by atoms with Gasteiger partial charge in [0.25, 0.3) is 5.91 Å². The molecule has 1 aromatic heterocycles. The van der Waals surface area contributed by atoms with Gasteiger partial charge in [-0.25, -0.2) is 4.68 Å². The number of rotatable bonds is 4. The number of nitriles is 1. The fourth-order valence-corrected chi connectivity index (χ4v) is 4.08. The number of hydrogen-bond donors (Lipinski definition) is 1. The van der Waals surface area contributed by atoms with Crippen molar-refractivity contribution in [2.75, 3.05) is 5.32 Å². The summed E-state index contributed by atoms with van der Waals surface area (Å²) < 4.78 is 2.67. The molecule has 7 heteroatoms. The van der Waals surface area contributed by atoms with Gasteiger partial charge in [-0.3, -0.25) is 10.1 Å². The lowest BCUT2D eigenvalue weighted by Crippen LogP contribution is -2.20. The molecule has 0 aliphatic heterocycles. The van der Waals surface area contributed by atoms with Crippen molar-refractivity contribution in [3.63, 3.8) is 0 Å². The molecule has 1 amide bonds. The van der Waals surface area contributed by atoms with Crippen molar-refractivity contribution in [2.24, 2.45) is 0 Å². The zero-order valence-electron chi connectivity index (χ0n) is 15.8. The van der Waals surface area contributed by atoms with Gasteiger partial charge >= 0.3 is 0 Å². The number of hydrogen-bond acceptors (Lipinski definition) is 4. The largest absolute Gasteiger partial charge is 0.291 e. The minimum Gasteiger partial charge on any atom is -0.291 e. The molecule has 1 fully saturated rings. The fraction of sp³-hybridized carbons (Fsp3) is 0.273. The van der Waals surface area contributed by atoms with E-state index in [0.29, 0.717) is 28.5 Å². The first-order valence-corrected chi connectivity index (χ1v) is 10.5. The molecule has 0 radical (unpaired) electrons. The summed E-state index contributed by atoms with van der Waals surface area (Å²) in [5, 5.41) is 17.1. The van der Waals surface area contributed by atoms with E-state index in [-0.39, 0.29) is 11.9 Å². The average Bonchev–Trinajstić information content (AvgIpc) is 3.18. The molecule has 146 valence electrons. The zero-order chi connectivity index (χ0) is 20.2. The quantitative estimate of drug-likeness (QED) is 0.582. The molecule has 0 atom stereocenters. The van der Waals surface area contributed by atoms with E-state index in [1.54, 1.807) is 18.2 Å². The number of anilines is 1. The van der Waals surface area contributed by atoms with Crippen LogP contribution in [0.15, 0.2) is 53.0 Å². The van der Waals surface area contributed by atoms with Crippen LogP contribution in [0.4, 0.5) is 5.95 Å². The van der Waals surface area contributed by atoms with Gasteiger partial charge in [0.1, 0.15) is 0 Å². The van der Waals surface area contributed by atoms with Crippen LogP contribution in [0, 0.1) is 11.3 Å². The highest BCUT2D eigenvalue weighted by atomic mass is 79.9. The van der Waals surface area contributed by atoms with E-state index in [2.05, 4.69) is 32.3 Å². The Morgan fingerprint density at radius 1 is 1.14 bits per heavy atom. The number of carbonyl (C=O) groups excluding carboxylic acids is 1. The lowest BCUT2D eigenvalue weighted by atomic mass is 9.96. The predicted octanol–water partition coefficient (Wildman–Crippen LogP) is 5.34. The Morgan fingerprint density at radius 2 is 1.93 bits per heavy atom. The van der Waals surface area contributed by atoms with Crippen molar-refractivity contribution < 1.29 is 4.79 Å². The van der Waals surface area contributed by atoms with Gasteiger partial charge in [0.2, 0.25) is 5.95 Å². The highest BCUT2D eigenvalue weighted by Gasteiger charge is 2.24. The summed E-state index contributed by atoms with van der Waals surface area (Å²) in [4.78, 5) is 17.4. The molecule has 6 nitrogen and oxygen atoms in total. The Kier molecular flexibility index (Phi) is 5.72. The number of benzene rings is 2. The highest BCUT2D eigenvalue weighted by molar-refractivity contribution is 9.10. The summed E-state index contributed by atoms with van der Waals surface area (Å²) >= 11 is 3.40.